The summed E-state index contributed by atoms with van der Waals surface area (Å²) in [6, 6.07) is 20.8. The maximum atomic E-state index is 9.55. The lowest BCUT2D eigenvalue weighted by molar-refractivity contribution is 0.242. The summed E-state index contributed by atoms with van der Waals surface area (Å²) in [7, 11) is 0. The predicted octanol–water partition coefficient (Wildman–Crippen LogP) is 3.89. The van der Waals surface area contributed by atoms with Crippen LogP contribution >= 0.6 is 0 Å². The lowest BCUT2D eigenvalue weighted by atomic mass is 9.93. The van der Waals surface area contributed by atoms with Crippen LogP contribution in [0, 0.1) is 5.41 Å². The van der Waals surface area contributed by atoms with Crippen molar-refractivity contribution in [1.29, 1.82) is 0 Å². The van der Waals surface area contributed by atoms with Crippen LogP contribution in [0.2, 0.25) is 0 Å². The van der Waals surface area contributed by atoms with Crippen molar-refractivity contribution >= 4 is 5.57 Å². The van der Waals surface area contributed by atoms with Gasteiger partial charge in [-0.2, -0.15) is 0 Å². The Bertz CT molecular complexity index is 524. The summed E-state index contributed by atoms with van der Waals surface area (Å²) >= 11 is 0. The van der Waals surface area contributed by atoms with E-state index in [0.717, 1.165) is 12.8 Å². The third-order valence-electron chi connectivity index (χ3n) is 3.83. The van der Waals surface area contributed by atoms with Gasteiger partial charge >= 0.3 is 0 Å². The fourth-order valence-corrected chi connectivity index (χ4v) is 2.38. The van der Waals surface area contributed by atoms with Gasteiger partial charge in [-0.1, -0.05) is 66.7 Å². The minimum absolute atomic E-state index is 0.0149. The van der Waals surface area contributed by atoms with Gasteiger partial charge in [0.1, 0.15) is 0 Å². The zero-order chi connectivity index (χ0) is 13.1. The quantitative estimate of drug-likeness (QED) is 0.872. The van der Waals surface area contributed by atoms with Crippen LogP contribution in [0.15, 0.2) is 66.7 Å². The minimum atomic E-state index is 0.0149. The SMILES string of the molecule is OCC1(C=C(c2ccccc2)c2ccccc2)CC1. The van der Waals surface area contributed by atoms with Crippen molar-refractivity contribution in [3.05, 3.63) is 77.9 Å². The van der Waals surface area contributed by atoms with E-state index in [1.54, 1.807) is 0 Å². The number of hydrogen-bond donors (Lipinski definition) is 1. The topological polar surface area (TPSA) is 20.2 Å². The summed E-state index contributed by atoms with van der Waals surface area (Å²) in [6.07, 6.45) is 4.44. The summed E-state index contributed by atoms with van der Waals surface area (Å²) in [6.45, 7) is 0.246. The summed E-state index contributed by atoms with van der Waals surface area (Å²) in [4.78, 5) is 0. The first kappa shape index (κ1) is 12.2. The molecule has 0 bridgehead atoms. The first-order valence-corrected chi connectivity index (χ1v) is 6.78. The molecule has 1 nitrogen and oxygen atoms in total. The maximum absolute atomic E-state index is 9.55. The molecule has 1 heteroatoms. The van der Waals surface area contributed by atoms with Gasteiger partial charge in [0.25, 0.3) is 0 Å². The van der Waals surface area contributed by atoms with Crippen LogP contribution in [-0.4, -0.2) is 11.7 Å². The van der Waals surface area contributed by atoms with E-state index >= 15 is 0 Å². The molecule has 0 aromatic heterocycles. The summed E-state index contributed by atoms with van der Waals surface area (Å²) in [5, 5.41) is 9.55. The van der Waals surface area contributed by atoms with Gasteiger partial charge in [-0.3, -0.25) is 0 Å². The number of aliphatic hydroxyl groups is 1. The van der Waals surface area contributed by atoms with Crippen molar-refractivity contribution in [1.82, 2.24) is 0 Å². The maximum Gasteiger partial charge on any atom is 0.0522 e. The molecule has 1 fully saturated rings. The Labute approximate surface area is 114 Å². The van der Waals surface area contributed by atoms with Gasteiger partial charge in [-0.15, -0.1) is 0 Å². The Hall–Kier alpha value is -1.86. The van der Waals surface area contributed by atoms with E-state index in [1.165, 1.54) is 16.7 Å². The lowest BCUT2D eigenvalue weighted by Gasteiger charge is -2.13. The normalized spacial score (nSPS) is 15.8. The average molecular weight is 250 g/mol. The van der Waals surface area contributed by atoms with Crippen molar-refractivity contribution in [2.75, 3.05) is 6.61 Å². The molecule has 0 radical (unpaired) electrons. The highest BCUT2D eigenvalue weighted by Crippen LogP contribution is 2.48. The first-order valence-electron chi connectivity index (χ1n) is 6.78. The highest BCUT2D eigenvalue weighted by Gasteiger charge is 2.40. The molecule has 2 aromatic rings. The molecule has 0 saturated heterocycles. The van der Waals surface area contributed by atoms with Gasteiger partial charge in [0.2, 0.25) is 0 Å². The summed E-state index contributed by atoms with van der Waals surface area (Å²) in [5.41, 5.74) is 3.68. The Morgan fingerprint density at radius 2 is 1.37 bits per heavy atom. The molecule has 0 aliphatic heterocycles. The van der Waals surface area contributed by atoms with Crippen LogP contribution in [0.25, 0.3) is 5.57 Å². The molecule has 0 spiro atoms. The number of aliphatic hydroxyl groups excluding tert-OH is 1. The molecule has 0 heterocycles. The molecule has 19 heavy (non-hydrogen) atoms. The van der Waals surface area contributed by atoms with E-state index in [-0.39, 0.29) is 12.0 Å². The lowest BCUT2D eigenvalue weighted by Crippen LogP contribution is -2.03. The molecule has 1 N–H and O–H groups in total. The minimum Gasteiger partial charge on any atom is -0.395 e. The van der Waals surface area contributed by atoms with Crippen molar-refractivity contribution in [2.45, 2.75) is 12.8 Å². The molecule has 1 saturated carbocycles. The van der Waals surface area contributed by atoms with E-state index in [1.807, 2.05) is 12.1 Å². The van der Waals surface area contributed by atoms with Crippen LogP contribution in [0.4, 0.5) is 0 Å². The van der Waals surface area contributed by atoms with E-state index in [0.29, 0.717) is 0 Å². The molecular weight excluding hydrogens is 232 g/mol. The zero-order valence-electron chi connectivity index (χ0n) is 10.9. The average Bonchev–Trinajstić information content (AvgIpc) is 3.27. The number of hydrogen-bond acceptors (Lipinski definition) is 1. The Balaban J connectivity index is 2.07. The second kappa shape index (κ2) is 5.02. The van der Waals surface area contributed by atoms with Crippen molar-refractivity contribution in [3.63, 3.8) is 0 Å². The highest BCUT2D eigenvalue weighted by atomic mass is 16.3. The number of benzene rings is 2. The first-order chi connectivity index (χ1) is 9.33. The molecular formula is C18H18O. The van der Waals surface area contributed by atoms with E-state index in [9.17, 15) is 5.11 Å². The predicted molar refractivity (Wildman–Crippen MR) is 78.7 cm³/mol. The molecule has 0 amide bonds. The fourth-order valence-electron chi connectivity index (χ4n) is 2.38. The molecule has 1 aliphatic rings. The molecule has 0 unspecified atom stereocenters. The zero-order valence-corrected chi connectivity index (χ0v) is 10.9. The Kier molecular flexibility index (Phi) is 3.22. The van der Waals surface area contributed by atoms with Crippen molar-refractivity contribution in [2.24, 2.45) is 5.41 Å². The van der Waals surface area contributed by atoms with Crippen LogP contribution in [0.5, 0.6) is 0 Å². The summed E-state index contributed by atoms with van der Waals surface area (Å²) in [5.74, 6) is 0. The largest absolute Gasteiger partial charge is 0.395 e. The standard InChI is InChI=1S/C18H18O/c19-14-18(11-12-18)13-17(15-7-3-1-4-8-15)16-9-5-2-6-10-16/h1-10,13,19H,11-12,14H2. The van der Waals surface area contributed by atoms with Gasteiger partial charge in [0.15, 0.2) is 0 Å². The van der Waals surface area contributed by atoms with Crippen molar-refractivity contribution < 1.29 is 5.11 Å². The molecule has 2 aromatic carbocycles. The smallest absolute Gasteiger partial charge is 0.0522 e. The van der Waals surface area contributed by atoms with E-state index in [2.05, 4.69) is 54.6 Å². The fraction of sp³-hybridized carbons (Fsp3) is 0.222. The number of rotatable bonds is 4. The van der Waals surface area contributed by atoms with Crippen LogP contribution < -0.4 is 0 Å². The van der Waals surface area contributed by atoms with Gasteiger partial charge < -0.3 is 5.11 Å². The van der Waals surface area contributed by atoms with Gasteiger partial charge in [-0.25, -0.2) is 0 Å². The third-order valence-corrected chi connectivity index (χ3v) is 3.83. The molecule has 3 rings (SSSR count). The molecule has 0 atom stereocenters. The van der Waals surface area contributed by atoms with Crippen molar-refractivity contribution in [3.8, 4) is 0 Å². The van der Waals surface area contributed by atoms with Gasteiger partial charge in [-0.05, 0) is 29.5 Å². The van der Waals surface area contributed by atoms with Crippen LogP contribution in [-0.2, 0) is 0 Å². The van der Waals surface area contributed by atoms with Crippen LogP contribution in [0.1, 0.15) is 24.0 Å². The Morgan fingerprint density at radius 3 is 1.74 bits per heavy atom. The second-order valence-corrected chi connectivity index (χ2v) is 5.31. The van der Waals surface area contributed by atoms with Gasteiger partial charge in [0.05, 0.1) is 6.61 Å². The Morgan fingerprint density at radius 1 is 0.895 bits per heavy atom. The van der Waals surface area contributed by atoms with E-state index in [4.69, 9.17) is 0 Å². The van der Waals surface area contributed by atoms with Gasteiger partial charge in [0, 0.05) is 5.41 Å². The monoisotopic (exact) mass is 250 g/mol. The summed E-state index contributed by atoms with van der Waals surface area (Å²) < 4.78 is 0. The van der Waals surface area contributed by atoms with Crippen LogP contribution in [0.3, 0.4) is 0 Å². The van der Waals surface area contributed by atoms with E-state index < -0.39 is 0 Å². The highest BCUT2D eigenvalue weighted by molar-refractivity contribution is 5.80. The molecule has 1 aliphatic carbocycles. The third kappa shape index (κ3) is 2.61. The molecule has 96 valence electrons. The second-order valence-electron chi connectivity index (χ2n) is 5.31.